The molecule has 2 fully saturated rings. The van der Waals surface area contributed by atoms with Crippen LogP contribution in [-0.4, -0.2) is 24.5 Å². The fourth-order valence-corrected chi connectivity index (χ4v) is 3.43. The maximum atomic E-state index is 2.68. The van der Waals surface area contributed by atoms with E-state index in [1.807, 2.05) is 0 Å². The van der Waals surface area contributed by atoms with Gasteiger partial charge in [-0.1, -0.05) is 42.5 Å². The van der Waals surface area contributed by atoms with Crippen molar-refractivity contribution in [2.24, 2.45) is 11.8 Å². The number of hydrogen-bond acceptors (Lipinski definition) is 1. The van der Waals surface area contributed by atoms with Crippen LogP contribution >= 0.6 is 0 Å². The van der Waals surface area contributed by atoms with Gasteiger partial charge in [0.2, 0.25) is 0 Å². The Morgan fingerprint density at radius 1 is 1.00 bits per heavy atom. The van der Waals surface area contributed by atoms with E-state index >= 15 is 0 Å². The van der Waals surface area contributed by atoms with Gasteiger partial charge in [0.15, 0.2) is 0 Å². The lowest BCUT2D eigenvalue weighted by Gasteiger charge is -2.38. The summed E-state index contributed by atoms with van der Waals surface area (Å²) >= 11 is 0. The van der Waals surface area contributed by atoms with Crippen molar-refractivity contribution < 1.29 is 0 Å². The fraction of sp³-hybridized carbons (Fsp3) is 0.556. The van der Waals surface area contributed by atoms with E-state index < -0.39 is 0 Å². The Balaban J connectivity index is 1.44. The van der Waals surface area contributed by atoms with Crippen LogP contribution in [0.15, 0.2) is 36.4 Å². The van der Waals surface area contributed by atoms with Gasteiger partial charge in [0.1, 0.15) is 0 Å². The van der Waals surface area contributed by atoms with E-state index in [1.165, 1.54) is 57.3 Å². The summed E-state index contributed by atoms with van der Waals surface area (Å²) in [6.45, 7) is 4.07. The van der Waals surface area contributed by atoms with Crippen LogP contribution in [0.4, 0.5) is 0 Å². The van der Waals surface area contributed by atoms with E-state index in [0.29, 0.717) is 0 Å². The number of benzene rings is 1. The van der Waals surface area contributed by atoms with Gasteiger partial charge in [-0.25, -0.2) is 0 Å². The molecule has 3 rings (SSSR count). The minimum atomic E-state index is 0.945. The topological polar surface area (TPSA) is 3.24 Å². The maximum absolute atomic E-state index is 2.68. The standard InChI is InChI=1S/C18H25N/c1-2-7-16(8-3-1)9-6-10-17-11-12-18(17)15-19-13-4-5-14-19/h1-3,6-9,17-18H,4-5,10-15H2/b9-6+. The Morgan fingerprint density at radius 2 is 1.74 bits per heavy atom. The molecule has 1 aromatic rings. The fourth-order valence-electron chi connectivity index (χ4n) is 3.43. The summed E-state index contributed by atoms with van der Waals surface area (Å²) in [6, 6.07) is 10.7. The van der Waals surface area contributed by atoms with Gasteiger partial charge in [-0.05, 0) is 62.6 Å². The third kappa shape index (κ3) is 3.48. The Hall–Kier alpha value is -1.08. The molecule has 0 bridgehead atoms. The van der Waals surface area contributed by atoms with E-state index in [1.54, 1.807) is 0 Å². The van der Waals surface area contributed by atoms with Crippen molar-refractivity contribution in [2.75, 3.05) is 19.6 Å². The monoisotopic (exact) mass is 255 g/mol. The Labute approximate surface area is 117 Å². The van der Waals surface area contributed by atoms with Crippen LogP contribution in [0, 0.1) is 11.8 Å². The largest absolute Gasteiger partial charge is 0.303 e. The molecule has 1 aliphatic heterocycles. The zero-order valence-electron chi connectivity index (χ0n) is 11.8. The van der Waals surface area contributed by atoms with Crippen LogP contribution in [0.5, 0.6) is 0 Å². The average Bonchev–Trinajstić information content (AvgIpc) is 2.94. The molecule has 0 aromatic heterocycles. The van der Waals surface area contributed by atoms with Crippen LogP contribution < -0.4 is 0 Å². The molecule has 1 nitrogen and oxygen atoms in total. The first-order valence-electron chi connectivity index (χ1n) is 7.86. The van der Waals surface area contributed by atoms with Crippen molar-refractivity contribution in [3.8, 4) is 0 Å². The predicted molar refractivity (Wildman–Crippen MR) is 82.0 cm³/mol. The third-order valence-corrected chi connectivity index (χ3v) is 4.82. The van der Waals surface area contributed by atoms with Gasteiger partial charge in [-0.3, -0.25) is 0 Å². The Morgan fingerprint density at radius 3 is 2.42 bits per heavy atom. The first-order chi connectivity index (χ1) is 9.42. The van der Waals surface area contributed by atoms with Gasteiger partial charge in [0.25, 0.3) is 0 Å². The number of likely N-dealkylation sites (tertiary alicyclic amines) is 1. The van der Waals surface area contributed by atoms with Gasteiger partial charge in [0, 0.05) is 6.54 Å². The van der Waals surface area contributed by atoms with Crippen molar-refractivity contribution in [1.29, 1.82) is 0 Å². The van der Waals surface area contributed by atoms with Crippen molar-refractivity contribution in [1.82, 2.24) is 4.90 Å². The number of nitrogens with zero attached hydrogens (tertiary/aromatic N) is 1. The van der Waals surface area contributed by atoms with Crippen LogP contribution in [0.2, 0.25) is 0 Å². The zero-order valence-corrected chi connectivity index (χ0v) is 11.8. The van der Waals surface area contributed by atoms with Gasteiger partial charge < -0.3 is 4.90 Å². The maximum Gasteiger partial charge on any atom is 0.00124 e. The van der Waals surface area contributed by atoms with E-state index in [-0.39, 0.29) is 0 Å². The van der Waals surface area contributed by atoms with Crippen LogP contribution in [0.25, 0.3) is 6.08 Å². The molecule has 1 aliphatic carbocycles. The summed E-state index contributed by atoms with van der Waals surface area (Å²) in [6.07, 6.45) is 11.7. The van der Waals surface area contributed by atoms with E-state index in [4.69, 9.17) is 0 Å². The quantitative estimate of drug-likeness (QED) is 0.761. The normalized spacial score (nSPS) is 27.8. The lowest BCUT2D eigenvalue weighted by molar-refractivity contribution is 0.124. The molecule has 19 heavy (non-hydrogen) atoms. The van der Waals surface area contributed by atoms with Crippen molar-refractivity contribution in [3.63, 3.8) is 0 Å². The van der Waals surface area contributed by atoms with E-state index in [2.05, 4.69) is 47.4 Å². The first-order valence-corrected chi connectivity index (χ1v) is 7.86. The Bertz CT molecular complexity index is 403. The van der Waals surface area contributed by atoms with Crippen molar-refractivity contribution in [2.45, 2.75) is 32.1 Å². The molecule has 1 heterocycles. The lowest BCUT2D eigenvalue weighted by atomic mass is 9.71. The van der Waals surface area contributed by atoms with Gasteiger partial charge in [-0.15, -0.1) is 0 Å². The summed E-state index contributed by atoms with van der Waals surface area (Å²) in [7, 11) is 0. The van der Waals surface area contributed by atoms with Gasteiger partial charge >= 0.3 is 0 Å². The van der Waals surface area contributed by atoms with Gasteiger partial charge in [0.05, 0.1) is 0 Å². The number of hydrogen-bond donors (Lipinski definition) is 0. The highest BCUT2D eigenvalue weighted by Gasteiger charge is 2.31. The molecule has 0 radical (unpaired) electrons. The zero-order chi connectivity index (χ0) is 12.9. The van der Waals surface area contributed by atoms with Crippen molar-refractivity contribution in [3.05, 3.63) is 42.0 Å². The molecule has 0 amide bonds. The summed E-state index contributed by atoms with van der Waals surface area (Å²) in [5, 5.41) is 0. The molecule has 2 aliphatic rings. The SMILES string of the molecule is C(=C\c1ccccc1)/CC1CCC1CN1CCCC1. The van der Waals surface area contributed by atoms with Crippen LogP contribution in [0.1, 0.15) is 37.7 Å². The highest BCUT2D eigenvalue weighted by Crippen LogP contribution is 2.38. The molecule has 102 valence electrons. The second kappa shape index (κ2) is 6.38. The molecular weight excluding hydrogens is 230 g/mol. The smallest absolute Gasteiger partial charge is 0.00124 e. The second-order valence-electron chi connectivity index (χ2n) is 6.15. The molecule has 0 spiro atoms. The average molecular weight is 255 g/mol. The minimum Gasteiger partial charge on any atom is -0.303 e. The lowest BCUT2D eigenvalue weighted by Crippen LogP contribution is -2.36. The number of rotatable bonds is 5. The Kier molecular flexibility index (Phi) is 4.34. The molecule has 2 unspecified atom stereocenters. The number of allylic oxidation sites excluding steroid dienone is 1. The molecule has 2 atom stereocenters. The minimum absolute atomic E-state index is 0.945. The highest BCUT2D eigenvalue weighted by molar-refractivity contribution is 5.48. The summed E-state index contributed by atoms with van der Waals surface area (Å²) in [5.41, 5.74) is 1.33. The molecule has 1 heteroatoms. The van der Waals surface area contributed by atoms with Gasteiger partial charge in [-0.2, -0.15) is 0 Å². The molecule has 0 N–H and O–H groups in total. The summed E-state index contributed by atoms with van der Waals surface area (Å²) < 4.78 is 0. The van der Waals surface area contributed by atoms with E-state index in [0.717, 1.165) is 11.8 Å². The second-order valence-corrected chi connectivity index (χ2v) is 6.15. The molecular formula is C18H25N. The predicted octanol–water partition coefficient (Wildman–Crippen LogP) is 4.21. The molecule has 1 aromatic carbocycles. The van der Waals surface area contributed by atoms with Crippen molar-refractivity contribution >= 4 is 6.08 Å². The first kappa shape index (κ1) is 12.9. The highest BCUT2D eigenvalue weighted by atomic mass is 15.1. The van der Waals surface area contributed by atoms with E-state index in [9.17, 15) is 0 Å². The summed E-state index contributed by atoms with van der Waals surface area (Å²) in [5.74, 6) is 1.92. The third-order valence-electron chi connectivity index (χ3n) is 4.82. The molecule has 1 saturated carbocycles. The van der Waals surface area contributed by atoms with Crippen LogP contribution in [-0.2, 0) is 0 Å². The summed E-state index contributed by atoms with van der Waals surface area (Å²) in [4.78, 5) is 2.68. The van der Waals surface area contributed by atoms with Crippen LogP contribution in [0.3, 0.4) is 0 Å². The molecule has 1 saturated heterocycles.